The number of nitrogen functional groups attached to an aromatic ring is 1. The van der Waals surface area contributed by atoms with Crippen LogP contribution < -0.4 is 11.1 Å². The minimum atomic E-state index is 0.441. The molecule has 0 unspecified atom stereocenters. The smallest absolute Gasteiger partial charge is 0.101 e. The zero-order valence-corrected chi connectivity index (χ0v) is 11.2. The van der Waals surface area contributed by atoms with Crippen LogP contribution in [0.5, 0.6) is 0 Å². The fraction of sp³-hybridized carbons (Fsp3) is 0.533. The number of nitrogens with two attached hydrogens (primary N) is 1. The predicted molar refractivity (Wildman–Crippen MR) is 76.9 cm³/mol. The van der Waals surface area contributed by atoms with Crippen LogP contribution in [0.3, 0.4) is 0 Å². The minimum absolute atomic E-state index is 0.441. The molecule has 0 bridgehead atoms. The molecule has 0 aliphatic heterocycles. The maximum atomic E-state index is 8.90. The molecule has 0 heterocycles. The van der Waals surface area contributed by atoms with Gasteiger partial charge < -0.3 is 15.8 Å². The normalized spacial score (nSPS) is 15.9. The van der Waals surface area contributed by atoms with Crippen molar-refractivity contribution in [2.75, 3.05) is 24.2 Å². The van der Waals surface area contributed by atoms with E-state index in [4.69, 9.17) is 15.7 Å². The average Bonchev–Trinajstić information content (AvgIpc) is 2.46. The van der Waals surface area contributed by atoms with Gasteiger partial charge in [0, 0.05) is 17.9 Å². The van der Waals surface area contributed by atoms with E-state index in [1.165, 1.54) is 32.1 Å². The summed E-state index contributed by atoms with van der Waals surface area (Å²) in [6, 6.07) is 7.49. The van der Waals surface area contributed by atoms with E-state index >= 15 is 0 Å². The van der Waals surface area contributed by atoms with Gasteiger partial charge in [0.1, 0.15) is 6.07 Å². The summed E-state index contributed by atoms with van der Waals surface area (Å²) >= 11 is 0. The van der Waals surface area contributed by atoms with Crippen molar-refractivity contribution in [2.24, 2.45) is 0 Å². The fourth-order valence-corrected chi connectivity index (χ4v) is 2.42. The molecule has 102 valence electrons. The molecule has 1 fully saturated rings. The topological polar surface area (TPSA) is 71.1 Å². The Balaban J connectivity index is 1.72. The van der Waals surface area contributed by atoms with Gasteiger partial charge in [0.2, 0.25) is 0 Å². The summed E-state index contributed by atoms with van der Waals surface area (Å²) in [5.74, 6) is 0. The van der Waals surface area contributed by atoms with Gasteiger partial charge in [0.15, 0.2) is 0 Å². The zero-order chi connectivity index (χ0) is 13.5. The summed E-state index contributed by atoms with van der Waals surface area (Å²) in [5, 5.41) is 12.2. The summed E-state index contributed by atoms with van der Waals surface area (Å²) < 4.78 is 5.83. The summed E-state index contributed by atoms with van der Waals surface area (Å²) in [6.07, 6.45) is 6.77. The van der Waals surface area contributed by atoms with Gasteiger partial charge in [-0.25, -0.2) is 0 Å². The van der Waals surface area contributed by atoms with E-state index in [0.29, 0.717) is 24.0 Å². The molecule has 0 amide bonds. The minimum Gasteiger partial charge on any atom is -0.398 e. The lowest BCUT2D eigenvalue weighted by atomic mass is 9.98. The van der Waals surface area contributed by atoms with Gasteiger partial charge in [-0.1, -0.05) is 19.3 Å². The molecule has 3 N–H and O–H groups in total. The monoisotopic (exact) mass is 259 g/mol. The third kappa shape index (κ3) is 4.15. The fourth-order valence-electron chi connectivity index (χ4n) is 2.42. The average molecular weight is 259 g/mol. The third-order valence-electron chi connectivity index (χ3n) is 3.51. The number of hydrogen-bond donors (Lipinski definition) is 2. The lowest BCUT2D eigenvalue weighted by Crippen LogP contribution is -2.20. The maximum absolute atomic E-state index is 8.90. The van der Waals surface area contributed by atoms with E-state index in [1.807, 2.05) is 6.07 Å². The molecule has 2 rings (SSSR count). The van der Waals surface area contributed by atoms with Crippen LogP contribution in [-0.2, 0) is 4.74 Å². The van der Waals surface area contributed by atoms with Crippen LogP contribution in [-0.4, -0.2) is 19.3 Å². The highest BCUT2D eigenvalue weighted by Crippen LogP contribution is 2.20. The van der Waals surface area contributed by atoms with Gasteiger partial charge in [-0.05, 0) is 31.0 Å². The molecule has 0 spiro atoms. The lowest BCUT2D eigenvalue weighted by Gasteiger charge is -2.22. The van der Waals surface area contributed by atoms with E-state index < -0.39 is 0 Å². The van der Waals surface area contributed by atoms with E-state index in [1.54, 1.807) is 12.1 Å². The Morgan fingerprint density at radius 3 is 2.84 bits per heavy atom. The number of anilines is 2. The van der Waals surface area contributed by atoms with Crippen molar-refractivity contribution in [3.8, 4) is 6.07 Å². The summed E-state index contributed by atoms with van der Waals surface area (Å²) in [6.45, 7) is 1.46. The Morgan fingerprint density at radius 1 is 1.32 bits per heavy atom. The van der Waals surface area contributed by atoms with Crippen LogP contribution in [0.25, 0.3) is 0 Å². The molecule has 0 saturated heterocycles. The summed E-state index contributed by atoms with van der Waals surface area (Å²) in [5.41, 5.74) is 7.62. The van der Waals surface area contributed by atoms with Crippen molar-refractivity contribution in [2.45, 2.75) is 38.2 Å². The highest BCUT2D eigenvalue weighted by molar-refractivity contribution is 5.61. The molecular formula is C15H21N3O. The first-order valence-corrected chi connectivity index (χ1v) is 6.94. The van der Waals surface area contributed by atoms with Gasteiger partial charge in [0.05, 0.1) is 18.3 Å². The Bertz CT molecular complexity index is 447. The largest absolute Gasteiger partial charge is 0.398 e. The Kier molecular flexibility index (Phi) is 5.05. The van der Waals surface area contributed by atoms with Gasteiger partial charge >= 0.3 is 0 Å². The maximum Gasteiger partial charge on any atom is 0.101 e. The van der Waals surface area contributed by atoms with Crippen molar-refractivity contribution < 1.29 is 4.74 Å². The standard InChI is InChI=1S/C15H21N3O/c16-11-12-10-13(6-7-15(12)17)18-8-9-19-14-4-2-1-3-5-14/h6-7,10,14,18H,1-5,8-9,17H2. The first-order valence-electron chi connectivity index (χ1n) is 6.94. The summed E-state index contributed by atoms with van der Waals surface area (Å²) in [4.78, 5) is 0. The highest BCUT2D eigenvalue weighted by Gasteiger charge is 2.12. The van der Waals surface area contributed by atoms with Crippen molar-refractivity contribution in [1.29, 1.82) is 5.26 Å². The van der Waals surface area contributed by atoms with E-state index in [9.17, 15) is 0 Å². The second kappa shape index (κ2) is 7.01. The number of hydrogen-bond acceptors (Lipinski definition) is 4. The van der Waals surface area contributed by atoms with Crippen LogP contribution in [0.1, 0.15) is 37.7 Å². The number of nitrogens with one attached hydrogen (secondary N) is 1. The lowest BCUT2D eigenvalue weighted by molar-refractivity contribution is 0.0347. The van der Waals surface area contributed by atoms with Crippen molar-refractivity contribution in [1.82, 2.24) is 0 Å². The van der Waals surface area contributed by atoms with E-state index in [-0.39, 0.29) is 0 Å². The molecule has 1 aromatic rings. The van der Waals surface area contributed by atoms with Crippen molar-refractivity contribution >= 4 is 11.4 Å². The van der Waals surface area contributed by atoms with E-state index in [0.717, 1.165) is 12.2 Å². The molecule has 0 atom stereocenters. The van der Waals surface area contributed by atoms with E-state index in [2.05, 4.69) is 11.4 Å². The Hall–Kier alpha value is -1.73. The Morgan fingerprint density at radius 2 is 2.11 bits per heavy atom. The van der Waals surface area contributed by atoms with Crippen molar-refractivity contribution in [3.63, 3.8) is 0 Å². The van der Waals surface area contributed by atoms with Crippen LogP contribution in [0.2, 0.25) is 0 Å². The van der Waals surface area contributed by atoms with Gasteiger partial charge in [-0.15, -0.1) is 0 Å². The second-order valence-electron chi connectivity index (χ2n) is 4.97. The van der Waals surface area contributed by atoms with Crippen LogP contribution in [0.15, 0.2) is 18.2 Å². The molecule has 1 aliphatic rings. The van der Waals surface area contributed by atoms with Crippen LogP contribution >= 0.6 is 0 Å². The van der Waals surface area contributed by atoms with Crippen LogP contribution in [0, 0.1) is 11.3 Å². The SMILES string of the molecule is N#Cc1cc(NCCOC2CCCCC2)ccc1N. The molecule has 1 aliphatic carbocycles. The molecular weight excluding hydrogens is 238 g/mol. The number of ether oxygens (including phenoxy) is 1. The quantitative estimate of drug-likeness (QED) is 0.630. The molecule has 4 heteroatoms. The molecule has 0 aromatic heterocycles. The van der Waals surface area contributed by atoms with Gasteiger partial charge in [0.25, 0.3) is 0 Å². The van der Waals surface area contributed by atoms with Crippen LogP contribution in [0.4, 0.5) is 11.4 Å². The number of nitriles is 1. The van der Waals surface area contributed by atoms with Gasteiger partial charge in [-0.3, -0.25) is 0 Å². The highest BCUT2D eigenvalue weighted by atomic mass is 16.5. The first kappa shape index (κ1) is 13.7. The molecule has 1 aromatic carbocycles. The number of benzene rings is 1. The zero-order valence-electron chi connectivity index (χ0n) is 11.2. The van der Waals surface area contributed by atoms with Gasteiger partial charge in [-0.2, -0.15) is 5.26 Å². The first-order chi connectivity index (χ1) is 9.29. The second-order valence-corrected chi connectivity index (χ2v) is 4.97. The molecule has 1 saturated carbocycles. The van der Waals surface area contributed by atoms with Crippen molar-refractivity contribution in [3.05, 3.63) is 23.8 Å². The molecule has 19 heavy (non-hydrogen) atoms. The third-order valence-corrected chi connectivity index (χ3v) is 3.51. The molecule has 0 radical (unpaired) electrons. The predicted octanol–water partition coefficient (Wildman–Crippen LogP) is 2.90. The summed E-state index contributed by atoms with van der Waals surface area (Å²) in [7, 11) is 0. The Labute approximate surface area is 114 Å². The number of rotatable bonds is 5. The number of nitrogens with zero attached hydrogens (tertiary/aromatic N) is 1. The molecule has 4 nitrogen and oxygen atoms in total.